The highest BCUT2D eigenvalue weighted by atomic mass is 32.1. The smallest absolute Gasteiger partial charge is 0.293 e. The Hall–Kier alpha value is -2.93. The largest absolute Gasteiger partial charge is 0.451 e. The first-order valence-electron chi connectivity index (χ1n) is 9.65. The number of fused-ring (bicyclic) bond motifs is 1. The zero-order valence-electron chi connectivity index (χ0n) is 16.1. The molecule has 0 radical (unpaired) electrons. The molecule has 0 spiro atoms. The van der Waals surface area contributed by atoms with Crippen molar-refractivity contribution in [1.82, 2.24) is 5.32 Å². The maximum Gasteiger partial charge on any atom is 0.293 e. The van der Waals surface area contributed by atoms with E-state index in [0.717, 1.165) is 24.9 Å². The number of nitrogens with zero attached hydrogens (tertiary/aromatic N) is 1. The summed E-state index contributed by atoms with van der Waals surface area (Å²) in [5.41, 5.74) is 1.70. The van der Waals surface area contributed by atoms with Crippen LogP contribution < -0.4 is 15.5 Å². The van der Waals surface area contributed by atoms with Gasteiger partial charge in [0.15, 0.2) is 10.9 Å². The third kappa shape index (κ3) is 4.40. The first kappa shape index (κ1) is 19.4. The molecule has 7 heteroatoms. The molecule has 1 saturated heterocycles. The molecule has 29 heavy (non-hydrogen) atoms. The molecule has 0 aliphatic carbocycles. The van der Waals surface area contributed by atoms with Gasteiger partial charge in [-0.3, -0.25) is 10.1 Å². The SMILES string of the molecule is CC1CCCN(c2ccc(NC(=S)NC(=O)c3cc4ccccc4o3)cc2F)C1. The van der Waals surface area contributed by atoms with Crippen LogP contribution in [0.1, 0.15) is 30.3 Å². The summed E-state index contributed by atoms with van der Waals surface area (Å²) in [6, 6.07) is 13.9. The van der Waals surface area contributed by atoms with Crippen LogP contribution in [0.2, 0.25) is 0 Å². The topological polar surface area (TPSA) is 57.5 Å². The van der Waals surface area contributed by atoms with E-state index in [1.54, 1.807) is 24.3 Å². The van der Waals surface area contributed by atoms with Crippen molar-refractivity contribution < 1.29 is 13.6 Å². The van der Waals surface area contributed by atoms with Gasteiger partial charge in [0.2, 0.25) is 0 Å². The number of benzene rings is 2. The molecule has 0 saturated carbocycles. The number of para-hydroxylation sites is 1. The number of carbonyl (C=O) groups is 1. The Balaban J connectivity index is 1.40. The number of furan rings is 1. The van der Waals surface area contributed by atoms with Gasteiger partial charge in [0.05, 0.1) is 5.69 Å². The average molecular weight is 412 g/mol. The van der Waals surface area contributed by atoms with Gasteiger partial charge in [-0.15, -0.1) is 0 Å². The van der Waals surface area contributed by atoms with Gasteiger partial charge < -0.3 is 14.6 Å². The van der Waals surface area contributed by atoms with Crippen molar-refractivity contribution in [3.63, 3.8) is 0 Å². The highest BCUT2D eigenvalue weighted by Gasteiger charge is 2.20. The fourth-order valence-electron chi connectivity index (χ4n) is 3.67. The summed E-state index contributed by atoms with van der Waals surface area (Å²) in [5.74, 6) is -0.0494. The van der Waals surface area contributed by atoms with Crippen LogP contribution in [0.15, 0.2) is 52.9 Å². The first-order valence-corrected chi connectivity index (χ1v) is 10.1. The second-order valence-electron chi connectivity index (χ2n) is 7.42. The number of amides is 1. The van der Waals surface area contributed by atoms with E-state index in [0.29, 0.717) is 22.9 Å². The molecule has 2 aromatic carbocycles. The molecule has 2 heterocycles. The zero-order valence-corrected chi connectivity index (χ0v) is 16.9. The second-order valence-corrected chi connectivity index (χ2v) is 7.82. The Kier molecular flexibility index (Phi) is 5.49. The maximum absolute atomic E-state index is 14.6. The van der Waals surface area contributed by atoms with E-state index in [1.165, 1.54) is 12.5 Å². The lowest BCUT2D eigenvalue weighted by molar-refractivity contribution is 0.0953. The number of hydrogen-bond donors (Lipinski definition) is 2. The van der Waals surface area contributed by atoms with Crippen molar-refractivity contribution in [2.75, 3.05) is 23.3 Å². The molecule has 1 atom stereocenters. The number of halogens is 1. The van der Waals surface area contributed by atoms with Crippen molar-refractivity contribution in [2.24, 2.45) is 5.92 Å². The second kappa shape index (κ2) is 8.21. The molecule has 5 nitrogen and oxygen atoms in total. The molecule has 1 fully saturated rings. The predicted molar refractivity (Wildman–Crippen MR) is 117 cm³/mol. The number of carbonyl (C=O) groups excluding carboxylic acids is 1. The maximum atomic E-state index is 14.6. The van der Waals surface area contributed by atoms with Gasteiger partial charge in [-0.2, -0.15) is 0 Å². The minimum Gasteiger partial charge on any atom is -0.451 e. The number of rotatable bonds is 3. The Morgan fingerprint density at radius 2 is 2.07 bits per heavy atom. The van der Waals surface area contributed by atoms with E-state index in [4.69, 9.17) is 16.6 Å². The van der Waals surface area contributed by atoms with E-state index < -0.39 is 5.91 Å². The Morgan fingerprint density at radius 1 is 1.24 bits per heavy atom. The van der Waals surface area contributed by atoms with Gasteiger partial charge in [0.1, 0.15) is 11.4 Å². The van der Waals surface area contributed by atoms with Crippen molar-refractivity contribution in [3.05, 3.63) is 60.1 Å². The molecular formula is C22H22FN3O2S. The summed E-state index contributed by atoms with van der Waals surface area (Å²) in [5, 5.41) is 6.33. The number of nitrogens with one attached hydrogen (secondary N) is 2. The van der Waals surface area contributed by atoms with Crippen LogP contribution in [0.4, 0.5) is 15.8 Å². The number of anilines is 2. The number of hydrogen-bond acceptors (Lipinski definition) is 4. The monoisotopic (exact) mass is 411 g/mol. The molecule has 2 N–H and O–H groups in total. The predicted octanol–water partition coefficient (Wildman–Crippen LogP) is 4.94. The van der Waals surface area contributed by atoms with Crippen LogP contribution in [0, 0.1) is 11.7 Å². The molecule has 4 rings (SSSR count). The molecule has 1 aromatic heterocycles. The lowest BCUT2D eigenvalue weighted by Crippen LogP contribution is -2.35. The quantitative estimate of drug-likeness (QED) is 0.598. The molecule has 150 valence electrons. The summed E-state index contributed by atoms with van der Waals surface area (Å²) in [4.78, 5) is 14.4. The molecule has 1 amide bonds. The van der Waals surface area contributed by atoms with E-state index in [2.05, 4.69) is 22.5 Å². The Bertz CT molecular complexity index is 1030. The van der Waals surface area contributed by atoms with Crippen LogP contribution >= 0.6 is 12.2 Å². The Morgan fingerprint density at radius 3 is 2.83 bits per heavy atom. The summed E-state index contributed by atoms with van der Waals surface area (Å²) in [6.07, 6.45) is 2.25. The van der Waals surface area contributed by atoms with Gasteiger partial charge in [-0.1, -0.05) is 25.1 Å². The summed E-state index contributed by atoms with van der Waals surface area (Å²) in [7, 11) is 0. The fraction of sp³-hybridized carbons (Fsp3) is 0.273. The van der Waals surface area contributed by atoms with Crippen molar-refractivity contribution >= 4 is 45.6 Å². The zero-order chi connectivity index (χ0) is 20.4. The molecule has 3 aromatic rings. The van der Waals surface area contributed by atoms with E-state index >= 15 is 0 Å². The standard InChI is InChI=1S/C22H22FN3O2S/c1-14-5-4-10-26(13-14)18-9-8-16(12-17(18)23)24-22(29)25-21(27)20-11-15-6-2-3-7-19(15)28-20/h2-3,6-9,11-12,14H,4-5,10,13H2,1H3,(H2,24,25,27,29). The third-order valence-corrected chi connectivity index (χ3v) is 5.28. The van der Waals surface area contributed by atoms with E-state index in [1.807, 2.05) is 18.2 Å². The lowest BCUT2D eigenvalue weighted by Gasteiger charge is -2.33. The van der Waals surface area contributed by atoms with Crippen LogP contribution in [0.5, 0.6) is 0 Å². The van der Waals surface area contributed by atoms with Crippen LogP contribution in [-0.4, -0.2) is 24.1 Å². The Labute approximate surface area is 173 Å². The normalized spacial score (nSPS) is 16.6. The van der Waals surface area contributed by atoms with Crippen LogP contribution in [0.25, 0.3) is 11.0 Å². The number of thiocarbonyl (C=S) groups is 1. The first-order chi connectivity index (χ1) is 14.0. The molecule has 1 unspecified atom stereocenters. The summed E-state index contributed by atoms with van der Waals surface area (Å²) >= 11 is 5.19. The van der Waals surface area contributed by atoms with Crippen molar-refractivity contribution in [2.45, 2.75) is 19.8 Å². The lowest BCUT2D eigenvalue weighted by atomic mass is 9.99. The van der Waals surface area contributed by atoms with Gasteiger partial charge in [-0.25, -0.2) is 4.39 Å². The molecule has 1 aliphatic rings. The number of piperidine rings is 1. The van der Waals surface area contributed by atoms with Crippen LogP contribution in [0.3, 0.4) is 0 Å². The fourth-order valence-corrected chi connectivity index (χ4v) is 3.88. The van der Waals surface area contributed by atoms with Crippen molar-refractivity contribution in [1.29, 1.82) is 0 Å². The van der Waals surface area contributed by atoms with Gasteiger partial charge in [-0.05, 0) is 61.3 Å². The highest BCUT2D eigenvalue weighted by molar-refractivity contribution is 7.80. The minimum absolute atomic E-state index is 0.0780. The van der Waals surface area contributed by atoms with Gasteiger partial charge >= 0.3 is 0 Å². The molecular weight excluding hydrogens is 389 g/mol. The van der Waals surface area contributed by atoms with Crippen LogP contribution in [-0.2, 0) is 0 Å². The van der Waals surface area contributed by atoms with E-state index in [9.17, 15) is 9.18 Å². The summed E-state index contributed by atoms with van der Waals surface area (Å²) < 4.78 is 20.2. The summed E-state index contributed by atoms with van der Waals surface area (Å²) in [6.45, 7) is 3.90. The minimum atomic E-state index is -0.460. The highest BCUT2D eigenvalue weighted by Crippen LogP contribution is 2.27. The average Bonchev–Trinajstić information content (AvgIpc) is 3.12. The van der Waals surface area contributed by atoms with E-state index in [-0.39, 0.29) is 16.7 Å². The van der Waals surface area contributed by atoms with Crippen molar-refractivity contribution in [3.8, 4) is 0 Å². The third-order valence-electron chi connectivity index (χ3n) is 5.08. The van der Waals surface area contributed by atoms with Gasteiger partial charge in [0.25, 0.3) is 5.91 Å². The molecule has 0 bridgehead atoms. The molecule has 1 aliphatic heterocycles. The van der Waals surface area contributed by atoms with Gasteiger partial charge in [0, 0.05) is 24.2 Å².